The third kappa shape index (κ3) is 8.24. The standard InChI is InChI=1S/C18H32O6/c1-2-14(20)17-12-15(21)16(24-17)11-10-13(19)8-6-4-3-5-7-9-18(22)23/h10-11,13-17,19-21H,2-9,12H2,1H3,(H,22,23)/b11-10+/t13-,14+,15+,16+,17-/m1/s1. The number of unbranched alkanes of at least 4 members (excludes halogenated alkanes) is 4. The summed E-state index contributed by atoms with van der Waals surface area (Å²) in [6, 6.07) is 0. The van der Waals surface area contributed by atoms with Crippen molar-refractivity contribution >= 4 is 5.97 Å². The van der Waals surface area contributed by atoms with Crippen molar-refractivity contribution in [3.8, 4) is 0 Å². The Morgan fingerprint density at radius 3 is 2.54 bits per heavy atom. The number of hydrogen-bond acceptors (Lipinski definition) is 5. The topological polar surface area (TPSA) is 107 Å². The normalized spacial score (nSPS) is 26.8. The molecule has 5 atom stereocenters. The van der Waals surface area contributed by atoms with Crippen molar-refractivity contribution in [3.63, 3.8) is 0 Å². The number of ether oxygens (including phenoxy) is 1. The van der Waals surface area contributed by atoms with Gasteiger partial charge in [0.1, 0.15) is 6.10 Å². The molecule has 0 aliphatic carbocycles. The van der Waals surface area contributed by atoms with Crippen molar-refractivity contribution in [3.05, 3.63) is 12.2 Å². The fraction of sp³-hybridized carbons (Fsp3) is 0.833. The molecule has 0 aromatic rings. The van der Waals surface area contributed by atoms with Crippen molar-refractivity contribution in [2.45, 2.75) is 95.2 Å². The van der Waals surface area contributed by atoms with E-state index >= 15 is 0 Å². The van der Waals surface area contributed by atoms with Crippen LogP contribution in [0.15, 0.2) is 12.2 Å². The van der Waals surface area contributed by atoms with E-state index in [9.17, 15) is 20.1 Å². The second-order valence-corrected chi connectivity index (χ2v) is 6.57. The SMILES string of the molecule is CC[C@H](O)[C@H]1C[C@H](O)[C@H](/C=C/[C@H](O)CCCCCCCC(=O)O)O1. The van der Waals surface area contributed by atoms with Crippen LogP contribution in [0, 0.1) is 0 Å². The Morgan fingerprint density at radius 2 is 1.88 bits per heavy atom. The molecular weight excluding hydrogens is 312 g/mol. The van der Waals surface area contributed by atoms with Gasteiger partial charge >= 0.3 is 5.97 Å². The molecule has 6 heteroatoms. The fourth-order valence-electron chi connectivity index (χ4n) is 2.90. The first-order valence-corrected chi connectivity index (χ1v) is 9.03. The van der Waals surface area contributed by atoms with Crippen LogP contribution < -0.4 is 0 Å². The number of aliphatic hydroxyl groups is 3. The van der Waals surface area contributed by atoms with Gasteiger partial charge in [0, 0.05) is 12.8 Å². The van der Waals surface area contributed by atoms with E-state index in [1.165, 1.54) is 0 Å². The lowest BCUT2D eigenvalue weighted by Crippen LogP contribution is -2.25. The minimum absolute atomic E-state index is 0.225. The van der Waals surface area contributed by atoms with Crippen molar-refractivity contribution in [1.29, 1.82) is 0 Å². The Bertz CT molecular complexity index is 384. The molecule has 24 heavy (non-hydrogen) atoms. The van der Waals surface area contributed by atoms with Crippen LogP contribution in [0.5, 0.6) is 0 Å². The highest BCUT2D eigenvalue weighted by Crippen LogP contribution is 2.25. The quantitative estimate of drug-likeness (QED) is 0.319. The Labute approximate surface area is 144 Å². The molecule has 0 aromatic carbocycles. The van der Waals surface area contributed by atoms with Crippen LogP contribution in [-0.4, -0.2) is 56.9 Å². The third-order valence-electron chi connectivity index (χ3n) is 4.45. The van der Waals surface area contributed by atoms with Gasteiger partial charge in [-0.1, -0.05) is 44.8 Å². The fourth-order valence-corrected chi connectivity index (χ4v) is 2.90. The lowest BCUT2D eigenvalue weighted by atomic mass is 10.0. The largest absolute Gasteiger partial charge is 0.481 e. The number of aliphatic carboxylic acids is 1. The number of rotatable bonds is 12. The van der Waals surface area contributed by atoms with E-state index in [4.69, 9.17) is 9.84 Å². The van der Waals surface area contributed by atoms with Gasteiger partial charge in [0.05, 0.1) is 24.4 Å². The molecule has 6 nitrogen and oxygen atoms in total. The molecule has 0 saturated carbocycles. The highest BCUT2D eigenvalue weighted by molar-refractivity contribution is 5.66. The van der Waals surface area contributed by atoms with Crippen LogP contribution >= 0.6 is 0 Å². The number of carboxylic acids is 1. The maximum atomic E-state index is 10.4. The van der Waals surface area contributed by atoms with Crippen molar-refractivity contribution in [2.24, 2.45) is 0 Å². The molecule has 1 fully saturated rings. The smallest absolute Gasteiger partial charge is 0.303 e. The first-order valence-electron chi connectivity index (χ1n) is 9.03. The molecule has 0 spiro atoms. The van der Waals surface area contributed by atoms with Crippen molar-refractivity contribution in [1.82, 2.24) is 0 Å². The predicted molar refractivity (Wildman–Crippen MR) is 90.7 cm³/mol. The molecule has 1 aliphatic heterocycles. The van der Waals surface area contributed by atoms with E-state index in [1.54, 1.807) is 12.2 Å². The van der Waals surface area contributed by atoms with E-state index in [2.05, 4.69) is 0 Å². The molecule has 4 N–H and O–H groups in total. The summed E-state index contributed by atoms with van der Waals surface area (Å²) >= 11 is 0. The van der Waals surface area contributed by atoms with E-state index in [-0.39, 0.29) is 12.5 Å². The number of hydrogen-bond donors (Lipinski definition) is 4. The van der Waals surface area contributed by atoms with E-state index in [0.717, 1.165) is 25.7 Å². The third-order valence-corrected chi connectivity index (χ3v) is 4.45. The van der Waals surface area contributed by atoms with E-state index in [1.807, 2.05) is 6.92 Å². The van der Waals surface area contributed by atoms with Crippen LogP contribution in [0.3, 0.4) is 0 Å². The predicted octanol–water partition coefficient (Wildman–Crippen LogP) is 2.01. The Balaban J connectivity index is 2.15. The van der Waals surface area contributed by atoms with Crippen LogP contribution in [0.1, 0.15) is 64.7 Å². The summed E-state index contributed by atoms with van der Waals surface area (Å²) in [6.45, 7) is 1.87. The molecule has 0 bridgehead atoms. The van der Waals surface area contributed by atoms with Crippen LogP contribution in [0.2, 0.25) is 0 Å². The first kappa shape index (κ1) is 21.1. The molecule has 0 radical (unpaired) electrons. The zero-order valence-electron chi connectivity index (χ0n) is 14.5. The Kier molecular flexibility index (Phi) is 10.2. The van der Waals surface area contributed by atoms with Gasteiger partial charge in [0.25, 0.3) is 0 Å². The summed E-state index contributed by atoms with van der Waals surface area (Å²) < 4.78 is 5.62. The maximum Gasteiger partial charge on any atom is 0.303 e. The summed E-state index contributed by atoms with van der Waals surface area (Å²) in [5, 5.41) is 38.2. The average Bonchev–Trinajstić information content (AvgIpc) is 2.92. The van der Waals surface area contributed by atoms with Crippen molar-refractivity contribution < 1.29 is 30.0 Å². The second kappa shape index (κ2) is 11.6. The summed E-state index contributed by atoms with van der Waals surface area (Å²) in [6.07, 6.45) is 7.04. The Morgan fingerprint density at radius 1 is 1.21 bits per heavy atom. The molecule has 1 aliphatic rings. The number of carbonyl (C=O) groups is 1. The van der Waals surface area contributed by atoms with Gasteiger partial charge in [0.15, 0.2) is 0 Å². The van der Waals surface area contributed by atoms with Gasteiger partial charge in [-0.3, -0.25) is 4.79 Å². The summed E-state index contributed by atoms with van der Waals surface area (Å²) in [7, 11) is 0. The van der Waals surface area contributed by atoms with Crippen LogP contribution in [0.25, 0.3) is 0 Å². The van der Waals surface area contributed by atoms with E-state index in [0.29, 0.717) is 25.7 Å². The number of carboxylic acid groups (broad SMARTS) is 1. The zero-order chi connectivity index (χ0) is 17.9. The highest BCUT2D eigenvalue weighted by Gasteiger charge is 2.35. The van der Waals surface area contributed by atoms with Crippen LogP contribution in [0.4, 0.5) is 0 Å². The molecule has 140 valence electrons. The van der Waals surface area contributed by atoms with Gasteiger partial charge in [-0.25, -0.2) is 0 Å². The van der Waals surface area contributed by atoms with E-state index < -0.39 is 30.4 Å². The minimum Gasteiger partial charge on any atom is -0.481 e. The Hall–Kier alpha value is -0.950. The molecule has 0 unspecified atom stereocenters. The summed E-state index contributed by atoms with van der Waals surface area (Å²) in [4.78, 5) is 10.4. The zero-order valence-corrected chi connectivity index (χ0v) is 14.5. The molecule has 1 saturated heterocycles. The monoisotopic (exact) mass is 344 g/mol. The number of aliphatic hydroxyl groups excluding tert-OH is 3. The maximum absolute atomic E-state index is 10.4. The molecule has 1 heterocycles. The summed E-state index contributed by atoms with van der Waals surface area (Å²) in [5.74, 6) is -0.749. The van der Waals surface area contributed by atoms with Gasteiger partial charge in [-0.2, -0.15) is 0 Å². The molecule has 0 aromatic heterocycles. The van der Waals surface area contributed by atoms with Crippen LogP contribution in [-0.2, 0) is 9.53 Å². The minimum atomic E-state index is -0.749. The lowest BCUT2D eigenvalue weighted by molar-refractivity contribution is -0.137. The highest BCUT2D eigenvalue weighted by atomic mass is 16.5. The summed E-state index contributed by atoms with van der Waals surface area (Å²) in [5.41, 5.74) is 0. The lowest BCUT2D eigenvalue weighted by Gasteiger charge is -2.16. The first-order chi connectivity index (χ1) is 11.4. The van der Waals surface area contributed by atoms with Crippen molar-refractivity contribution in [2.75, 3.05) is 0 Å². The molecule has 0 amide bonds. The van der Waals surface area contributed by atoms with Gasteiger partial charge in [-0.05, 0) is 19.3 Å². The molecule has 1 rings (SSSR count). The average molecular weight is 344 g/mol. The van der Waals surface area contributed by atoms with Gasteiger partial charge in [-0.15, -0.1) is 0 Å². The van der Waals surface area contributed by atoms with Gasteiger partial charge < -0.3 is 25.2 Å². The molecular formula is C18H32O6. The second-order valence-electron chi connectivity index (χ2n) is 6.57. The van der Waals surface area contributed by atoms with Gasteiger partial charge in [0.2, 0.25) is 0 Å².